The van der Waals surface area contributed by atoms with Gasteiger partial charge in [0, 0.05) is 0 Å². The van der Waals surface area contributed by atoms with E-state index in [0.29, 0.717) is 0 Å². The van der Waals surface area contributed by atoms with E-state index >= 15 is 0 Å². The lowest BCUT2D eigenvalue weighted by Gasteiger charge is -2.18. The van der Waals surface area contributed by atoms with E-state index in [-0.39, 0.29) is 0 Å². The van der Waals surface area contributed by atoms with Crippen LogP contribution in [0.5, 0.6) is 0 Å². The third-order valence-corrected chi connectivity index (χ3v) is 8.20. The van der Waals surface area contributed by atoms with Crippen LogP contribution in [0.2, 0.25) is 0 Å². The third-order valence-electron chi connectivity index (χ3n) is 8.20. The fraction of sp³-hybridized carbons (Fsp3) is 0. The van der Waals surface area contributed by atoms with E-state index < -0.39 is 0 Å². The van der Waals surface area contributed by atoms with E-state index in [1.807, 2.05) is 0 Å². The van der Waals surface area contributed by atoms with Crippen molar-refractivity contribution in [1.29, 1.82) is 0 Å². The third kappa shape index (κ3) is 3.69. The van der Waals surface area contributed by atoms with Crippen molar-refractivity contribution in [3.8, 4) is 33.4 Å². The Kier molecular flexibility index (Phi) is 5.24. The molecule has 0 aliphatic rings. The van der Waals surface area contributed by atoms with Crippen LogP contribution in [0, 0.1) is 0 Å². The number of rotatable bonds is 3. The van der Waals surface area contributed by atoms with E-state index in [4.69, 9.17) is 0 Å². The van der Waals surface area contributed by atoms with Crippen LogP contribution in [0.25, 0.3) is 76.5 Å². The van der Waals surface area contributed by atoms with Crippen molar-refractivity contribution in [2.75, 3.05) is 0 Å². The summed E-state index contributed by atoms with van der Waals surface area (Å²) in [5.74, 6) is 0. The van der Waals surface area contributed by atoms with E-state index in [1.165, 1.54) is 76.5 Å². The van der Waals surface area contributed by atoms with Gasteiger partial charge in [0.25, 0.3) is 0 Å². The highest BCUT2D eigenvalue weighted by Gasteiger charge is 2.17. The molecule has 8 rings (SSSR count). The second-order valence-corrected chi connectivity index (χ2v) is 10.5. The highest BCUT2D eigenvalue weighted by atomic mass is 14.2. The molecule has 0 spiro atoms. The molecule has 0 heteroatoms. The quantitative estimate of drug-likeness (QED) is 0.209. The van der Waals surface area contributed by atoms with Crippen LogP contribution in [0.3, 0.4) is 0 Å². The summed E-state index contributed by atoms with van der Waals surface area (Å²) in [5, 5.41) is 10.2. The number of fused-ring (bicyclic) bond motifs is 4. The molecule has 0 saturated carbocycles. The average Bonchev–Trinajstić information content (AvgIpc) is 3.03. The molecule has 0 bridgehead atoms. The number of hydrogen-bond donors (Lipinski definition) is 0. The fourth-order valence-corrected chi connectivity index (χ4v) is 6.32. The monoisotopic (exact) mass is 506 g/mol. The minimum absolute atomic E-state index is 1.23. The first-order chi connectivity index (χ1) is 19.8. The van der Waals surface area contributed by atoms with Crippen molar-refractivity contribution in [2.45, 2.75) is 0 Å². The van der Waals surface area contributed by atoms with Gasteiger partial charge in [0.05, 0.1) is 0 Å². The Morgan fingerprint density at radius 2 is 0.600 bits per heavy atom. The topological polar surface area (TPSA) is 0 Å². The van der Waals surface area contributed by atoms with Gasteiger partial charge in [-0.2, -0.15) is 0 Å². The first-order valence-corrected chi connectivity index (χ1v) is 13.9. The number of benzene rings is 8. The first kappa shape index (κ1) is 22.8. The Morgan fingerprint density at radius 1 is 0.225 bits per heavy atom. The Labute approximate surface area is 233 Å². The zero-order valence-electron chi connectivity index (χ0n) is 22.0. The van der Waals surface area contributed by atoms with Gasteiger partial charge in [-0.15, -0.1) is 0 Å². The Bertz CT molecular complexity index is 2160. The van der Waals surface area contributed by atoms with Crippen LogP contribution in [0.4, 0.5) is 0 Å². The van der Waals surface area contributed by atoms with Crippen molar-refractivity contribution in [1.82, 2.24) is 0 Å². The largest absolute Gasteiger partial charge is 0.0616 e. The molecule has 40 heavy (non-hydrogen) atoms. The minimum Gasteiger partial charge on any atom is -0.0616 e. The molecule has 0 atom stereocenters. The lowest BCUT2D eigenvalue weighted by atomic mass is 9.85. The van der Waals surface area contributed by atoms with Gasteiger partial charge >= 0.3 is 0 Å². The molecule has 8 aromatic rings. The molecule has 8 aromatic carbocycles. The molecule has 0 heterocycles. The summed E-state index contributed by atoms with van der Waals surface area (Å²) >= 11 is 0. The second-order valence-electron chi connectivity index (χ2n) is 10.5. The normalized spacial score (nSPS) is 11.5. The molecule has 0 N–H and O–H groups in total. The van der Waals surface area contributed by atoms with Crippen LogP contribution in [-0.2, 0) is 0 Å². The van der Waals surface area contributed by atoms with Crippen molar-refractivity contribution in [3.05, 3.63) is 158 Å². The lowest BCUT2D eigenvalue weighted by Crippen LogP contribution is -1.91. The van der Waals surface area contributed by atoms with Crippen molar-refractivity contribution < 1.29 is 0 Å². The van der Waals surface area contributed by atoms with Gasteiger partial charge in [-0.05, 0) is 94.7 Å². The summed E-state index contributed by atoms with van der Waals surface area (Å²) in [5.41, 5.74) is 7.55. The maximum Gasteiger partial charge on any atom is -0.00262 e. The Balaban J connectivity index is 1.39. The van der Waals surface area contributed by atoms with Crippen LogP contribution in [0.1, 0.15) is 0 Å². The smallest absolute Gasteiger partial charge is 0.00262 e. The lowest BCUT2D eigenvalue weighted by molar-refractivity contribution is 1.63. The summed E-state index contributed by atoms with van der Waals surface area (Å²) in [6.45, 7) is 0. The Morgan fingerprint density at radius 3 is 1.15 bits per heavy atom. The Hall–Kier alpha value is -5.20. The van der Waals surface area contributed by atoms with Gasteiger partial charge in [0.15, 0.2) is 0 Å². The molecular weight excluding hydrogens is 480 g/mol. The molecule has 0 saturated heterocycles. The van der Waals surface area contributed by atoms with Crippen LogP contribution >= 0.6 is 0 Å². The van der Waals surface area contributed by atoms with Gasteiger partial charge in [-0.1, -0.05) is 140 Å². The summed E-state index contributed by atoms with van der Waals surface area (Å²) in [6.07, 6.45) is 0. The SMILES string of the molecule is c1cc(-c2ccc3ccccc3c2)cc(-c2c3ccccc3c(-c3ccc4ccccc4c3)c3ccccc23)c1. The molecule has 0 aliphatic carbocycles. The fourth-order valence-electron chi connectivity index (χ4n) is 6.32. The first-order valence-electron chi connectivity index (χ1n) is 13.9. The van der Waals surface area contributed by atoms with Crippen LogP contribution in [0.15, 0.2) is 158 Å². The predicted octanol–water partition coefficient (Wildman–Crippen LogP) is 11.3. The predicted molar refractivity (Wildman–Crippen MR) is 173 cm³/mol. The number of hydrogen-bond acceptors (Lipinski definition) is 0. The highest BCUT2D eigenvalue weighted by molar-refractivity contribution is 6.21. The summed E-state index contributed by atoms with van der Waals surface area (Å²) in [7, 11) is 0. The van der Waals surface area contributed by atoms with Crippen molar-refractivity contribution in [2.24, 2.45) is 0 Å². The van der Waals surface area contributed by atoms with Crippen molar-refractivity contribution >= 4 is 43.1 Å². The van der Waals surface area contributed by atoms with Gasteiger partial charge in [0.1, 0.15) is 0 Å². The molecule has 0 nitrogen and oxygen atoms in total. The molecule has 0 amide bonds. The van der Waals surface area contributed by atoms with E-state index in [9.17, 15) is 0 Å². The van der Waals surface area contributed by atoms with Gasteiger partial charge in [-0.3, -0.25) is 0 Å². The summed E-state index contributed by atoms with van der Waals surface area (Å²) in [4.78, 5) is 0. The molecular formula is C40H26. The molecule has 0 aliphatic heterocycles. The van der Waals surface area contributed by atoms with E-state index in [2.05, 4.69) is 158 Å². The molecule has 0 radical (unpaired) electrons. The van der Waals surface area contributed by atoms with E-state index in [1.54, 1.807) is 0 Å². The van der Waals surface area contributed by atoms with Crippen molar-refractivity contribution in [3.63, 3.8) is 0 Å². The zero-order valence-corrected chi connectivity index (χ0v) is 22.0. The summed E-state index contributed by atoms with van der Waals surface area (Å²) < 4.78 is 0. The zero-order chi connectivity index (χ0) is 26.5. The second kappa shape index (κ2) is 9.22. The van der Waals surface area contributed by atoms with Gasteiger partial charge < -0.3 is 0 Å². The molecule has 186 valence electrons. The van der Waals surface area contributed by atoms with E-state index in [0.717, 1.165) is 0 Å². The maximum atomic E-state index is 2.36. The molecule has 0 fully saturated rings. The molecule has 0 unspecified atom stereocenters. The maximum absolute atomic E-state index is 2.36. The standard InChI is InChI=1S/C40H26/c1-3-12-29-24-32(22-20-27(29)10-1)31-14-9-15-33(26-31)39-35-16-5-7-18-37(35)40(38-19-8-6-17-36(38)39)34-23-21-28-11-2-4-13-30(28)25-34/h1-26H. The average molecular weight is 507 g/mol. The van der Waals surface area contributed by atoms with Gasteiger partial charge in [-0.25, -0.2) is 0 Å². The van der Waals surface area contributed by atoms with Crippen LogP contribution in [-0.4, -0.2) is 0 Å². The minimum atomic E-state index is 1.23. The van der Waals surface area contributed by atoms with Crippen LogP contribution < -0.4 is 0 Å². The highest BCUT2D eigenvalue weighted by Crippen LogP contribution is 2.44. The van der Waals surface area contributed by atoms with Gasteiger partial charge in [0.2, 0.25) is 0 Å². The molecule has 0 aromatic heterocycles. The summed E-state index contributed by atoms with van der Waals surface area (Å²) in [6, 6.07) is 57.6.